The first-order valence-corrected chi connectivity index (χ1v) is 5.97. The quantitative estimate of drug-likeness (QED) is 0.710. The summed E-state index contributed by atoms with van der Waals surface area (Å²) in [7, 11) is 0. The molecule has 1 rings (SSSR count). The largest absolute Gasteiger partial charge is 0.390 e. The van der Waals surface area contributed by atoms with Gasteiger partial charge in [-0.1, -0.05) is 18.9 Å². The highest BCUT2D eigenvalue weighted by atomic mass is 16.5. The number of ether oxygens (including phenoxy) is 1. The van der Waals surface area contributed by atoms with Crippen molar-refractivity contribution < 1.29 is 9.84 Å². The molecule has 88 valence electrons. The lowest BCUT2D eigenvalue weighted by Crippen LogP contribution is -2.24. The molecule has 1 heterocycles. The van der Waals surface area contributed by atoms with Gasteiger partial charge in [-0.3, -0.25) is 0 Å². The highest BCUT2D eigenvalue weighted by molar-refractivity contribution is 4.94. The van der Waals surface area contributed by atoms with Gasteiger partial charge in [0, 0.05) is 6.42 Å². The maximum atomic E-state index is 9.91. The molecule has 0 bridgehead atoms. The standard InChI is InChI=1S/C13H24O2/c1-5-8-13(4)9-11(14)12(15-13)7-6-10(2)3/h11-12,14H,2,5-9H2,1,3-4H3/t11-,12+,13-/m1/s1. The van der Waals surface area contributed by atoms with Gasteiger partial charge < -0.3 is 9.84 Å². The van der Waals surface area contributed by atoms with Crippen LogP contribution >= 0.6 is 0 Å². The van der Waals surface area contributed by atoms with E-state index < -0.39 is 0 Å². The minimum atomic E-state index is -0.291. The fourth-order valence-electron chi connectivity index (χ4n) is 2.40. The van der Waals surface area contributed by atoms with Crippen LogP contribution < -0.4 is 0 Å². The maximum Gasteiger partial charge on any atom is 0.0845 e. The van der Waals surface area contributed by atoms with Crippen molar-refractivity contribution in [3.63, 3.8) is 0 Å². The lowest BCUT2D eigenvalue weighted by molar-refractivity contribution is -0.0492. The van der Waals surface area contributed by atoms with Crippen LogP contribution in [0, 0.1) is 0 Å². The number of rotatable bonds is 5. The summed E-state index contributed by atoms with van der Waals surface area (Å²) in [6.45, 7) is 10.2. The first kappa shape index (κ1) is 12.7. The van der Waals surface area contributed by atoms with Crippen LogP contribution in [-0.4, -0.2) is 22.9 Å². The van der Waals surface area contributed by atoms with Crippen LogP contribution in [0.4, 0.5) is 0 Å². The number of allylic oxidation sites excluding steroid dienone is 1. The smallest absolute Gasteiger partial charge is 0.0845 e. The zero-order valence-corrected chi connectivity index (χ0v) is 10.3. The third-order valence-corrected chi connectivity index (χ3v) is 3.14. The predicted octanol–water partition coefficient (Wildman–Crippen LogP) is 3.05. The van der Waals surface area contributed by atoms with Gasteiger partial charge in [0.15, 0.2) is 0 Å². The molecule has 0 aromatic rings. The summed E-state index contributed by atoms with van der Waals surface area (Å²) >= 11 is 0. The number of hydrogen-bond acceptors (Lipinski definition) is 2. The maximum absolute atomic E-state index is 9.91. The Hall–Kier alpha value is -0.340. The molecular weight excluding hydrogens is 188 g/mol. The van der Waals surface area contributed by atoms with Gasteiger partial charge in [-0.25, -0.2) is 0 Å². The fraction of sp³-hybridized carbons (Fsp3) is 0.846. The average molecular weight is 212 g/mol. The molecule has 1 fully saturated rings. The molecular formula is C13H24O2. The van der Waals surface area contributed by atoms with Gasteiger partial charge in [0.1, 0.15) is 0 Å². The molecule has 0 amide bonds. The molecule has 1 aliphatic rings. The third-order valence-electron chi connectivity index (χ3n) is 3.14. The molecule has 3 atom stereocenters. The zero-order chi connectivity index (χ0) is 11.5. The van der Waals surface area contributed by atoms with Crippen LogP contribution in [0.3, 0.4) is 0 Å². The van der Waals surface area contributed by atoms with Gasteiger partial charge in [0.25, 0.3) is 0 Å². The van der Waals surface area contributed by atoms with Crippen LogP contribution in [0.15, 0.2) is 12.2 Å². The second kappa shape index (κ2) is 5.13. The minimum absolute atomic E-state index is 0.0123. The van der Waals surface area contributed by atoms with E-state index in [0.717, 1.165) is 37.7 Å². The summed E-state index contributed by atoms with van der Waals surface area (Å²) < 4.78 is 5.96. The zero-order valence-electron chi connectivity index (χ0n) is 10.3. The molecule has 15 heavy (non-hydrogen) atoms. The number of aliphatic hydroxyl groups is 1. The number of hydrogen-bond donors (Lipinski definition) is 1. The van der Waals surface area contributed by atoms with E-state index in [4.69, 9.17) is 4.74 Å². The minimum Gasteiger partial charge on any atom is -0.390 e. The summed E-state index contributed by atoms with van der Waals surface area (Å²) in [5.41, 5.74) is 1.06. The molecule has 1 aliphatic heterocycles. The van der Waals surface area contributed by atoms with Crippen molar-refractivity contribution in [1.82, 2.24) is 0 Å². The van der Waals surface area contributed by atoms with E-state index in [1.807, 2.05) is 6.92 Å². The molecule has 1 N–H and O–H groups in total. The Labute approximate surface area is 93.3 Å². The Bertz CT molecular complexity index is 225. The summed E-state index contributed by atoms with van der Waals surface area (Å²) in [5, 5.41) is 9.91. The first-order chi connectivity index (χ1) is 6.97. The lowest BCUT2D eigenvalue weighted by atomic mass is 9.95. The summed E-state index contributed by atoms with van der Waals surface area (Å²) in [6.07, 6.45) is 4.49. The van der Waals surface area contributed by atoms with Crippen LogP contribution in [0.25, 0.3) is 0 Å². The highest BCUT2D eigenvalue weighted by Crippen LogP contribution is 2.36. The molecule has 0 aliphatic carbocycles. The van der Waals surface area contributed by atoms with E-state index in [0.29, 0.717) is 0 Å². The molecule has 0 aromatic heterocycles. The van der Waals surface area contributed by atoms with Gasteiger partial charge in [-0.05, 0) is 33.1 Å². The van der Waals surface area contributed by atoms with Crippen LogP contribution in [0.2, 0.25) is 0 Å². The highest BCUT2D eigenvalue weighted by Gasteiger charge is 2.41. The summed E-state index contributed by atoms with van der Waals surface area (Å²) in [6, 6.07) is 0. The lowest BCUT2D eigenvalue weighted by Gasteiger charge is -2.23. The molecule has 2 nitrogen and oxygen atoms in total. The van der Waals surface area contributed by atoms with E-state index in [2.05, 4.69) is 20.4 Å². The van der Waals surface area contributed by atoms with Gasteiger partial charge in [-0.15, -0.1) is 6.58 Å². The predicted molar refractivity (Wildman–Crippen MR) is 62.9 cm³/mol. The molecule has 2 heteroatoms. The van der Waals surface area contributed by atoms with E-state index in [9.17, 15) is 5.11 Å². The second-order valence-electron chi connectivity index (χ2n) is 5.12. The van der Waals surface area contributed by atoms with Crippen molar-refractivity contribution >= 4 is 0 Å². The van der Waals surface area contributed by atoms with Crippen molar-refractivity contribution in [3.8, 4) is 0 Å². The Morgan fingerprint density at radius 3 is 2.80 bits per heavy atom. The third kappa shape index (κ3) is 3.62. The van der Waals surface area contributed by atoms with Crippen molar-refractivity contribution in [1.29, 1.82) is 0 Å². The summed E-state index contributed by atoms with van der Waals surface area (Å²) in [4.78, 5) is 0. The van der Waals surface area contributed by atoms with Crippen LogP contribution in [-0.2, 0) is 4.74 Å². The van der Waals surface area contributed by atoms with Crippen molar-refractivity contribution in [2.75, 3.05) is 0 Å². The molecule has 0 radical (unpaired) electrons. The van der Waals surface area contributed by atoms with E-state index in [1.165, 1.54) is 0 Å². The molecule has 0 saturated carbocycles. The average Bonchev–Trinajstić information content (AvgIpc) is 2.38. The van der Waals surface area contributed by atoms with Crippen LogP contribution in [0.5, 0.6) is 0 Å². The van der Waals surface area contributed by atoms with E-state index >= 15 is 0 Å². The Morgan fingerprint density at radius 1 is 1.60 bits per heavy atom. The SMILES string of the molecule is C=C(C)CC[C@@H]1O[C@](C)(CCC)C[C@H]1O. The Morgan fingerprint density at radius 2 is 2.27 bits per heavy atom. The van der Waals surface area contributed by atoms with Gasteiger partial charge in [0.05, 0.1) is 17.8 Å². The van der Waals surface area contributed by atoms with Crippen molar-refractivity contribution in [3.05, 3.63) is 12.2 Å². The normalized spacial score (nSPS) is 35.7. The molecule has 0 aromatic carbocycles. The van der Waals surface area contributed by atoms with Gasteiger partial charge >= 0.3 is 0 Å². The Kier molecular flexibility index (Phi) is 4.35. The van der Waals surface area contributed by atoms with Gasteiger partial charge in [0.2, 0.25) is 0 Å². The van der Waals surface area contributed by atoms with Crippen molar-refractivity contribution in [2.24, 2.45) is 0 Å². The number of aliphatic hydroxyl groups excluding tert-OH is 1. The first-order valence-electron chi connectivity index (χ1n) is 5.97. The molecule has 0 spiro atoms. The van der Waals surface area contributed by atoms with E-state index in [1.54, 1.807) is 0 Å². The molecule has 0 unspecified atom stereocenters. The monoisotopic (exact) mass is 212 g/mol. The second-order valence-corrected chi connectivity index (χ2v) is 5.12. The molecule has 1 saturated heterocycles. The topological polar surface area (TPSA) is 29.5 Å². The van der Waals surface area contributed by atoms with Crippen LogP contribution in [0.1, 0.15) is 52.9 Å². The van der Waals surface area contributed by atoms with Crippen molar-refractivity contribution in [2.45, 2.75) is 70.7 Å². The Balaban J connectivity index is 2.45. The van der Waals surface area contributed by atoms with E-state index in [-0.39, 0.29) is 17.8 Å². The summed E-state index contributed by atoms with van der Waals surface area (Å²) in [5.74, 6) is 0. The van der Waals surface area contributed by atoms with Gasteiger partial charge in [-0.2, -0.15) is 0 Å². The fourth-order valence-corrected chi connectivity index (χ4v) is 2.40.